The van der Waals surface area contributed by atoms with Crippen LogP contribution in [0.2, 0.25) is 0 Å². The van der Waals surface area contributed by atoms with Crippen LogP contribution in [0.3, 0.4) is 0 Å². The van der Waals surface area contributed by atoms with Gasteiger partial charge < -0.3 is 9.72 Å². The van der Waals surface area contributed by atoms with Crippen molar-refractivity contribution in [1.82, 2.24) is 24.1 Å². The number of ether oxygens (including phenoxy) is 1. The number of nitrogens with zero attached hydrogens (tertiary/aromatic N) is 4. The maximum absolute atomic E-state index is 12.8. The van der Waals surface area contributed by atoms with Gasteiger partial charge in [0.15, 0.2) is 5.65 Å². The van der Waals surface area contributed by atoms with Crippen LogP contribution in [0.5, 0.6) is 0 Å². The Kier molecular flexibility index (Phi) is 5.08. The van der Waals surface area contributed by atoms with Gasteiger partial charge in [0.05, 0.1) is 0 Å². The van der Waals surface area contributed by atoms with E-state index in [0.29, 0.717) is 49.5 Å². The molecule has 0 aliphatic rings. The number of rotatable bonds is 7. The zero-order valence-electron chi connectivity index (χ0n) is 14.4. The molecule has 0 fully saturated rings. The maximum Gasteiger partial charge on any atom is 0.332 e. The summed E-state index contributed by atoms with van der Waals surface area (Å²) in [6.45, 7) is 3.27. The number of aryl methyl sites for hydroxylation is 1. The summed E-state index contributed by atoms with van der Waals surface area (Å²) >= 11 is 0. The van der Waals surface area contributed by atoms with Gasteiger partial charge in [0.2, 0.25) is 0 Å². The summed E-state index contributed by atoms with van der Waals surface area (Å²) in [6, 6.07) is 3.65. The van der Waals surface area contributed by atoms with Crippen LogP contribution >= 0.6 is 0 Å². The third-order valence-electron chi connectivity index (χ3n) is 3.97. The average molecular weight is 343 g/mol. The van der Waals surface area contributed by atoms with Gasteiger partial charge in [0.25, 0.3) is 5.56 Å². The minimum Gasteiger partial charge on any atom is -0.385 e. The molecule has 0 aromatic carbocycles. The number of H-pyrrole nitrogens is 1. The predicted molar refractivity (Wildman–Crippen MR) is 94.6 cm³/mol. The van der Waals surface area contributed by atoms with E-state index in [4.69, 9.17) is 4.74 Å². The smallest absolute Gasteiger partial charge is 0.332 e. The highest BCUT2D eigenvalue weighted by Crippen LogP contribution is 2.17. The fourth-order valence-electron chi connectivity index (χ4n) is 2.80. The van der Waals surface area contributed by atoms with Crippen molar-refractivity contribution >= 4 is 11.2 Å². The molecule has 0 saturated carbocycles. The second kappa shape index (κ2) is 7.43. The van der Waals surface area contributed by atoms with Gasteiger partial charge in [-0.15, -0.1) is 0 Å². The van der Waals surface area contributed by atoms with Crippen LogP contribution in [-0.4, -0.2) is 37.8 Å². The normalized spacial score (nSPS) is 11.3. The summed E-state index contributed by atoms with van der Waals surface area (Å²) in [5, 5.41) is 0. The minimum atomic E-state index is -0.340. The van der Waals surface area contributed by atoms with Crippen molar-refractivity contribution in [2.75, 3.05) is 13.7 Å². The first-order valence-corrected chi connectivity index (χ1v) is 8.30. The quantitative estimate of drug-likeness (QED) is 0.654. The van der Waals surface area contributed by atoms with Crippen LogP contribution < -0.4 is 11.2 Å². The fourth-order valence-corrected chi connectivity index (χ4v) is 2.80. The number of imidazole rings is 1. The molecule has 0 saturated heterocycles. The summed E-state index contributed by atoms with van der Waals surface area (Å²) in [4.78, 5) is 37.1. The Morgan fingerprint density at radius 2 is 2.08 bits per heavy atom. The predicted octanol–water partition coefficient (Wildman–Crippen LogP) is 1.39. The largest absolute Gasteiger partial charge is 0.385 e. The molecule has 3 aromatic heterocycles. The molecule has 0 radical (unpaired) electrons. The Morgan fingerprint density at radius 3 is 2.76 bits per heavy atom. The molecule has 0 bridgehead atoms. The van der Waals surface area contributed by atoms with E-state index in [1.807, 2.05) is 13.0 Å². The molecule has 0 spiro atoms. The number of aromatic amines is 1. The third-order valence-corrected chi connectivity index (χ3v) is 3.97. The number of hydrogen-bond donors (Lipinski definition) is 1. The van der Waals surface area contributed by atoms with Crippen LogP contribution in [0.15, 0.2) is 34.1 Å². The zero-order chi connectivity index (χ0) is 17.8. The highest BCUT2D eigenvalue weighted by Gasteiger charge is 2.17. The molecule has 0 amide bonds. The second-order valence-corrected chi connectivity index (χ2v) is 5.76. The van der Waals surface area contributed by atoms with Crippen molar-refractivity contribution < 1.29 is 4.74 Å². The van der Waals surface area contributed by atoms with E-state index in [2.05, 4.69) is 15.0 Å². The molecule has 8 nitrogen and oxygen atoms in total. The van der Waals surface area contributed by atoms with E-state index in [0.717, 1.165) is 5.56 Å². The minimum absolute atomic E-state index is 0.334. The Balaban J connectivity index is 2.21. The zero-order valence-corrected chi connectivity index (χ0v) is 14.4. The molecule has 132 valence electrons. The van der Waals surface area contributed by atoms with Gasteiger partial charge >= 0.3 is 5.69 Å². The SMILES string of the molecule is CCCn1c(=O)c2[nH]c(-c3cccnc3)nc2n(CCCOC)c1=O. The fraction of sp³-hybridized carbons (Fsp3) is 0.412. The van der Waals surface area contributed by atoms with Gasteiger partial charge in [0.1, 0.15) is 11.3 Å². The Labute approximate surface area is 144 Å². The van der Waals surface area contributed by atoms with E-state index in [9.17, 15) is 9.59 Å². The second-order valence-electron chi connectivity index (χ2n) is 5.76. The lowest BCUT2D eigenvalue weighted by atomic mass is 10.3. The molecule has 3 heterocycles. The molecular formula is C17H21N5O3. The molecule has 3 rings (SSSR count). The summed E-state index contributed by atoms with van der Waals surface area (Å²) in [7, 11) is 1.62. The lowest BCUT2D eigenvalue weighted by Crippen LogP contribution is -2.40. The first kappa shape index (κ1) is 17.1. The number of pyridine rings is 1. The van der Waals surface area contributed by atoms with E-state index in [-0.39, 0.29) is 11.2 Å². The van der Waals surface area contributed by atoms with E-state index < -0.39 is 0 Å². The number of nitrogens with one attached hydrogen (secondary N) is 1. The maximum atomic E-state index is 12.8. The topological polar surface area (TPSA) is 94.8 Å². The highest BCUT2D eigenvalue weighted by atomic mass is 16.5. The summed E-state index contributed by atoms with van der Waals surface area (Å²) in [6.07, 6.45) is 4.68. The van der Waals surface area contributed by atoms with Crippen molar-refractivity contribution in [3.63, 3.8) is 0 Å². The van der Waals surface area contributed by atoms with E-state index in [1.165, 1.54) is 4.57 Å². The van der Waals surface area contributed by atoms with E-state index >= 15 is 0 Å². The molecule has 0 atom stereocenters. The standard InChI is InChI=1S/C17H21N5O3/c1-3-8-22-16(23)13-15(21(17(22)24)9-5-10-25-2)20-14(19-13)12-6-4-7-18-11-12/h4,6-7,11H,3,5,8-10H2,1-2H3,(H,19,20). The number of fused-ring (bicyclic) bond motifs is 1. The summed E-state index contributed by atoms with van der Waals surface area (Å²) in [5.74, 6) is 0.523. The van der Waals surface area contributed by atoms with Crippen molar-refractivity contribution in [3.05, 3.63) is 45.4 Å². The van der Waals surface area contributed by atoms with Gasteiger partial charge in [-0.1, -0.05) is 6.92 Å². The third kappa shape index (κ3) is 3.25. The van der Waals surface area contributed by atoms with E-state index in [1.54, 1.807) is 30.1 Å². The van der Waals surface area contributed by atoms with Gasteiger partial charge in [-0.25, -0.2) is 9.78 Å². The first-order valence-electron chi connectivity index (χ1n) is 8.30. The summed E-state index contributed by atoms with van der Waals surface area (Å²) < 4.78 is 7.88. The molecular weight excluding hydrogens is 322 g/mol. The molecule has 0 aliphatic heterocycles. The molecule has 3 aromatic rings. The number of aromatic nitrogens is 5. The summed E-state index contributed by atoms with van der Waals surface area (Å²) in [5.41, 5.74) is 0.796. The van der Waals surface area contributed by atoms with Crippen molar-refractivity contribution in [2.45, 2.75) is 32.9 Å². The van der Waals surface area contributed by atoms with Crippen LogP contribution in [0.4, 0.5) is 0 Å². The van der Waals surface area contributed by atoms with Gasteiger partial charge in [0, 0.05) is 44.8 Å². The van der Waals surface area contributed by atoms with Crippen LogP contribution in [0, 0.1) is 0 Å². The molecule has 0 unspecified atom stereocenters. The van der Waals surface area contributed by atoms with Gasteiger partial charge in [-0.3, -0.25) is 18.9 Å². The lowest BCUT2D eigenvalue weighted by molar-refractivity contribution is 0.190. The van der Waals surface area contributed by atoms with Gasteiger partial charge in [-0.2, -0.15) is 0 Å². The average Bonchev–Trinajstić information content (AvgIpc) is 3.08. The van der Waals surface area contributed by atoms with Crippen molar-refractivity contribution in [2.24, 2.45) is 0 Å². The first-order chi connectivity index (χ1) is 12.2. The Hall–Kier alpha value is -2.74. The monoisotopic (exact) mass is 343 g/mol. The van der Waals surface area contributed by atoms with Crippen molar-refractivity contribution in [1.29, 1.82) is 0 Å². The molecule has 25 heavy (non-hydrogen) atoms. The van der Waals surface area contributed by atoms with Crippen LogP contribution in [-0.2, 0) is 17.8 Å². The number of hydrogen-bond acceptors (Lipinski definition) is 5. The molecule has 0 aliphatic carbocycles. The highest BCUT2D eigenvalue weighted by molar-refractivity contribution is 5.75. The number of methoxy groups -OCH3 is 1. The molecule has 8 heteroatoms. The Morgan fingerprint density at radius 1 is 1.24 bits per heavy atom. The molecule has 1 N–H and O–H groups in total. The van der Waals surface area contributed by atoms with Gasteiger partial charge in [-0.05, 0) is 25.0 Å². The van der Waals surface area contributed by atoms with Crippen molar-refractivity contribution in [3.8, 4) is 11.4 Å². The Bertz CT molecular complexity index is 972. The van der Waals surface area contributed by atoms with Crippen LogP contribution in [0.1, 0.15) is 19.8 Å². The lowest BCUT2D eigenvalue weighted by Gasteiger charge is -2.10. The van der Waals surface area contributed by atoms with Crippen LogP contribution in [0.25, 0.3) is 22.6 Å².